The number of urea groups is 1. The van der Waals surface area contributed by atoms with E-state index in [0.29, 0.717) is 23.7 Å². The molecule has 1 saturated heterocycles. The molecule has 1 aromatic heterocycles. The van der Waals surface area contributed by atoms with Gasteiger partial charge in [0, 0.05) is 23.7 Å². The average Bonchev–Trinajstić information content (AvgIpc) is 3.38. The Morgan fingerprint density at radius 3 is 2.55 bits per heavy atom. The summed E-state index contributed by atoms with van der Waals surface area (Å²) in [6.45, 7) is 0.552. The predicted octanol–water partition coefficient (Wildman–Crippen LogP) is 6.04. The highest BCUT2D eigenvalue weighted by atomic mass is 35.5. The van der Waals surface area contributed by atoms with Crippen molar-refractivity contribution in [2.75, 3.05) is 11.9 Å². The van der Waals surface area contributed by atoms with Crippen molar-refractivity contribution in [3.05, 3.63) is 82.1 Å². The third-order valence-corrected chi connectivity index (χ3v) is 5.62. The number of nitrogens with one attached hydrogen (secondary N) is 2. The average molecular weight is 449 g/mol. The number of aromatic nitrogens is 2. The maximum Gasteiger partial charge on any atom is 0.416 e. The summed E-state index contributed by atoms with van der Waals surface area (Å²) in [7, 11) is 0. The van der Waals surface area contributed by atoms with Crippen molar-refractivity contribution in [2.45, 2.75) is 31.5 Å². The minimum atomic E-state index is -4.41. The molecule has 162 valence electrons. The van der Waals surface area contributed by atoms with Crippen LogP contribution in [0.2, 0.25) is 5.02 Å². The Balaban J connectivity index is 1.47. The van der Waals surface area contributed by atoms with Crippen molar-refractivity contribution in [1.29, 1.82) is 0 Å². The lowest BCUT2D eigenvalue weighted by Gasteiger charge is -2.25. The van der Waals surface area contributed by atoms with Gasteiger partial charge in [-0.3, -0.25) is 5.10 Å². The fourth-order valence-electron chi connectivity index (χ4n) is 3.82. The number of likely N-dealkylation sites (tertiary alicyclic amines) is 1. The van der Waals surface area contributed by atoms with Gasteiger partial charge in [0.1, 0.15) is 0 Å². The number of aromatic amines is 1. The summed E-state index contributed by atoms with van der Waals surface area (Å²) >= 11 is 5.95. The number of amides is 2. The van der Waals surface area contributed by atoms with Crippen molar-refractivity contribution < 1.29 is 18.0 Å². The summed E-state index contributed by atoms with van der Waals surface area (Å²) in [5, 5.41) is 10.6. The van der Waals surface area contributed by atoms with Crippen LogP contribution >= 0.6 is 11.6 Å². The summed E-state index contributed by atoms with van der Waals surface area (Å²) < 4.78 is 38.2. The van der Waals surface area contributed by atoms with Crippen LogP contribution in [0.4, 0.5) is 23.7 Å². The highest BCUT2D eigenvalue weighted by molar-refractivity contribution is 6.30. The van der Waals surface area contributed by atoms with Crippen LogP contribution in [0.3, 0.4) is 0 Å². The molecule has 0 aliphatic carbocycles. The van der Waals surface area contributed by atoms with E-state index in [-0.39, 0.29) is 12.1 Å². The standard InChI is InChI=1S/C22H20ClF3N4O/c23-17-7-3-14(4-8-17)12-15-13-27-29-20(15)19-2-1-11-30(19)21(31)28-18-9-5-16(6-10-18)22(24,25)26/h3-10,13,19H,1-2,11-12H2,(H,27,29)(H,28,31)/t19-/m1/s1. The quantitative estimate of drug-likeness (QED) is 0.511. The molecule has 0 unspecified atom stereocenters. The Kier molecular flexibility index (Phi) is 5.91. The molecule has 0 spiro atoms. The zero-order valence-corrected chi connectivity index (χ0v) is 17.2. The van der Waals surface area contributed by atoms with Crippen LogP contribution in [-0.2, 0) is 12.6 Å². The molecule has 1 atom stereocenters. The molecule has 31 heavy (non-hydrogen) atoms. The number of hydrogen-bond donors (Lipinski definition) is 2. The van der Waals surface area contributed by atoms with Crippen molar-refractivity contribution in [3.63, 3.8) is 0 Å². The predicted molar refractivity (Wildman–Crippen MR) is 112 cm³/mol. The van der Waals surface area contributed by atoms with Gasteiger partial charge in [-0.2, -0.15) is 18.3 Å². The van der Waals surface area contributed by atoms with Gasteiger partial charge in [-0.1, -0.05) is 23.7 Å². The van der Waals surface area contributed by atoms with Gasteiger partial charge in [-0.25, -0.2) is 4.79 Å². The number of rotatable bonds is 4. The molecule has 9 heteroatoms. The minimum absolute atomic E-state index is 0.181. The monoisotopic (exact) mass is 448 g/mol. The van der Waals surface area contributed by atoms with Crippen LogP contribution < -0.4 is 5.32 Å². The number of halogens is 4. The van der Waals surface area contributed by atoms with Gasteiger partial charge in [0.25, 0.3) is 0 Å². The summed E-state index contributed by atoms with van der Waals surface area (Å²) in [4.78, 5) is 14.5. The second kappa shape index (κ2) is 8.63. The number of alkyl halides is 3. The van der Waals surface area contributed by atoms with E-state index >= 15 is 0 Å². The van der Waals surface area contributed by atoms with Gasteiger partial charge in [-0.05, 0) is 60.4 Å². The first kappa shape index (κ1) is 21.2. The second-order valence-electron chi connectivity index (χ2n) is 7.47. The number of carbonyl (C=O) groups is 1. The fraction of sp³-hybridized carbons (Fsp3) is 0.273. The number of H-pyrrole nitrogens is 1. The Morgan fingerprint density at radius 1 is 1.16 bits per heavy atom. The van der Waals surface area contributed by atoms with Crippen molar-refractivity contribution >= 4 is 23.3 Å². The largest absolute Gasteiger partial charge is 0.416 e. The zero-order valence-electron chi connectivity index (χ0n) is 16.4. The van der Waals surface area contributed by atoms with Crippen LogP contribution in [0.25, 0.3) is 0 Å². The van der Waals surface area contributed by atoms with Crippen molar-refractivity contribution in [2.24, 2.45) is 0 Å². The third kappa shape index (κ3) is 4.85. The van der Waals surface area contributed by atoms with Gasteiger partial charge < -0.3 is 10.2 Å². The third-order valence-electron chi connectivity index (χ3n) is 5.37. The minimum Gasteiger partial charge on any atom is -0.316 e. The summed E-state index contributed by atoms with van der Waals surface area (Å²) in [5.74, 6) is 0. The molecule has 2 N–H and O–H groups in total. The highest BCUT2D eigenvalue weighted by Gasteiger charge is 2.33. The van der Waals surface area contributed by atoms with Gasteiger partial charge >= 0.3 is 12.2 Å². The molecular weight excluding hydrogens is 429 g/mol. The van der Waals surface area contributed by atoms with Crippen LogP contribution in [0.1, 0.15) is 41.3 Å². The van der Waals surface area contributed by atoms with E-state index in [1.807, 2.05) is 24.3 Å². The van der Waals surface area contributed by atoms with Crippen molar-refractivity contribution in [3.8, 4) is 0 Å². The molecule has 0 radical (unpaired) electrons. The van der Waals surface area contributed by atoms with E-state index in [4.69, 9.17) is 11.6 Å². The van der Waals surface area contributed by atoms with E-state index in [9.17, 15) is 18.0 Å². The fourth-order valence-corrected chi connectivity index (χ4v) is 3.95. The maximum atomic E-state index is 12.9. The molecule has 3 aromatic rings. The van der Waals surface area contributed by atoms with Crippen LogP contribution in [0.5, 0.6) is 0 Å². The Labute approximate surface area is 182 Å². The van der Waals surface area contributed by atoms with E-state index in [1.54, 1.807) is 11.1 Å². The first-order chi connectivity index (χ1) is 14.8. The van der Waals surface area contributed by atoms with Gasteiger partial charge in [0.2, 0.25) is 0 Å². The highest BCUT2D eigenvalue weighted by Crippen LogP contribution is 2.34. The molecule has 2 aromatic carbocycles. The SMILES string of the molecule is O=C(Nc1ccc(C(F)(F)F)cc1)N1CCC[C@@H]1c1[nH]ncc1Cc1ccc(Cl)cc1. The number of benzene rings is 2. The Morgan fingerprint density at radius 2 is 1.87 bits per heavy atom. The molecule has 5 nitrogen and oxygen atoms in total. The second-order valence-corrected chi connectivity index (χ2v) is 7.91. The van der Waals surface area contributed by atoms with E-state index < -0.39 is 11.7 Å². The first-order valence-electron chi connectivity index (χ1n) is 9.83. The topological polar surface area (TPSA) is 61.0 Å². The molecule has 2 amide bonds. The molecule has 1 aliphatic rings. The van der Waals surface area contributed by atoms with Gasteiger partial charge in [0.15, 0.2) is 0 Å². The Hall–Kier alpha value is -3.00. The van der Waals surface area contributed by atoms with Crippen molar-refractivity contribution in [1.82, 2.24) is 15.1 Å². The number of nitrogens with zero attached hydrogens (tertiary/aromatic N) is 2. The number of hydrogen-bond acceptors (Lipinski definition) is 2. The van der Waals surface area contributed by atoms with Crippen LogP contribution in [0, 0.1) is 0 Å². The molecule has 0 bridgehead atoms. The van der Waals surface area contributed by atoms with Gasteiger partial charge in [0.05, 0.1) is 23.5 Å². The van der Waals surface area contributed by atoms with E-state index in [0.717, 1.165) is 41.8 Å². The lowest BCUT2D eigenvalue weighted by atomic mass is 10.0. The molecule has 2 heterocycles. The van der Waals surface area contributed by atoms with E-state index in [2.05, 4.69) is 15.5 Å². The first-order valence-corrected chi connectivity index (χ1v) is 10.2. The zero-order chi connectivity index (χ0) is 22.0. The summed E-state index contributed by atoms with van der Waals surface area (Å²) in [5.41, 5.74) is 2.49. The summed E-state index contributed by atoms with van der Waals surface area (Å²) in [6, 6.07) is 11.4. The molecule has 1 aliphatic heterocycles. The lowest BCUT2D eigenvalue weighted by molar-refractivity contribution is -0.137. The van der Waals surface area contributed by atoms with E-state index in [1.165, 1.54) is 12.1 Å². The smallest absolute Gasteiger partial charge is 0.316 e. The molecule has 0 saturated carbocycles. The van der Waals surface area contributed by atoms with Gasteiger partial charge in [-0.15, -0.1) is 0 Å². The van der Waals surface area contributed by atoms with Crippen LogP contribution in [0.15, 0.2) is 54.7 Å². The molecule has 4 rings (SSSR count). The number of anilines is 1. The van der Waals surface area contributed by atoms with Crippen LogP contribution in [-0.4, -0.2) is 27.7 Å². The maximum absolute atomic E-state index is 12.9. The normalized spacial score (nSPS) is 16.5. The Bertz CT molecular complexity index is 1050. The number of carbonyl (C=O) groups excluding carboxylic acids is 1. The molecular formula is C22H20ClF3N4O. The molecule has 1 fully saturated rings. The lowest BCUT2D eigenvalue weighted by Crippen LogP contribution is -2.35. The summed E-state index contributed by atoms with van der Waals surface area (Å²) in [6.07, 6.45) is -0.410.